The van der Waals surface area contributed by atoms with Crippen molar-refractivity contribution >= 4 is 5.97 Å². The van der Waals surface area contributed by atoms with Crippen molar-refractivity contribution in [3.05, 3.63) is 71.8 Å². The van der Waals surface area contributed by atoms with Gasteiger partial charge in [-0.25, -0.2) is 4.79 Å². The Kier molecular flexibility index (Phi) is 6.61. The summed E-state index contributed by atoms with van der Waals surface area (Å²) in [4.78, 5) is 12.7. The molecule has 0 aliphatic carbocycles. The van der Waals surface area contributed by atoms with Crippen LogP contribution in [0.25, 0.3) is 0 Å². The SMILES string of the molecule is O=[13C](O)COCCN(Cc1ccccc1)Cc1ccccc1. The molecule has 2 aromatic rings. The van der Waals surface area contributed by atoms with Crippen LogP contribution in [0.2, 0.25) is 0 Å². The Morgan fingerprint density at radius 3 is 1.86 bits per heavy atom. The van der Waals surface area contributed by atoms with E-state index in [1.807, 2.05) is 36.4 Å². The van der Waals surface area contributed by atoms with Crippen LogP contribution < -0.4 is 0 Å². The highest BCUT2D eigenvalue weighted by Crippen LogP contribution is 2.09. The second-order valence-electron chi connectivity index (χ2n) is 5.13. The maximum Gasteiger partial charge on any atom is 0.329 e. The van der Waals surface area contributed by atoms with E-state index < -0.39 is 5.97 Å². The summed E-state index contributed by atoms with van der Waals surface area (Å²) in [5.74, 6) is -0.933. The Morgan fingerprint density at radius 2 is 1.41 bits per heavy atom. The zero-order valence-electron chi connectivity index (χ0n) is 12.5. The molecule has 0 heterocycles. The average molecular weight is 300 g/mol. The highest BCUT2D eigenvalue weighted by molar-refractivity contribution is 5.67. The van der Waals surface area contributed by atoms with Crippen molar-refractivity contribution in [1.82, 2.24) is 4.90 Å². The van der Waals surface area contributed by atoms with Crippen LogP contribution in [0.5, 0.6) is 0 Å². The molecule has 0 spiro atoms. The fraction of sp³-hybridized carbons (Fsp3) is 0.278. The molecule has 2 aromatic carbocycles. The van der Waals surface area contributed by atoms with Crippen LogP contribution in [0, 0.1) is 0 Å². The molecule has 0 fully saturated rings. The minimum Gasteiger partial charge on any atom is -0.480 e. The lowest BCUT2D eigenvalue weighted by atomic mass is 10.1. The number of nitrogens with zero attached hydrogens (tertiary/aromatic N) is 1. The molecular weight excluding hydrogens is 279 g/mol. The lowest BCUT2D eigenvalue weighted by Crippen LogP contribution is -2.27. The topological polar surface area (TPSA) is 49.8 Å². The number of ether oxygens (including phenoxy) is 1. The maximum atomic E-state index is 10.5. The van der Waals surface area contributed by atoms with Gasteiger partial charge in [0.1, 0.15) is 6.61 Å². The van der Waals surface area contributed by atoms with Crippen molar-refractivity contribution in [2.75, 3.05) is 19.8 Å². The lowest BCUT2D eigenvalue weighted by Gasteiger charge is -2.22. The molecule has 4 nitrogen and oxygen atoms in total. The highest BCUT2D eigenvalue weighted by atomic mass is 16.5. The van der Waals surface area contributed by atoms with Crippen molar-refractivity contribution in [2.45, 2.75) is 13.1 Å². The number of hydrogen-bond acceptors (Lipinski definition) is 3. The first-order valence-electron chi connectivity index (χ1n) is 7.34. The first kappa shape index (κ1) is 16.2. The van der Waals surface area contributed by atoms with E-state index in [1.54, 1.807) is 0 Å². The number of rotatable bonds is 9. The highest BCUT2D eigenvalue weighted by Gasteiger charge is 2.07. The Labute approximate surface area is 131 Å². The van der Waals surface area contributed by atoms with E-state index in [-0.39, 0.29) is 6.61 Å². The molecule has 22 heavy (non-hydrogen) atoms. The van der Waals surface area contributed by atoms with E-state index in [0.717, 1.165) is 13.1 Å². The second kappa shape index (κ2) is 8.97. The minimum absolute atomic E-state index is 0.246. The van der Waals surface area contributed by atoms with Gasteiger partial charge in [-0.1, -0.05) is 60.7 Å². The van der Waals surface area contributed by atoms with E-state index in [2.05, 4.69) is 29.2 Å². The number of carboxylic acid groups (broad SMARTS) is 1. The summed E-state index contributed by atoms with van der Waals surface area (Å²) in [6.07, 6.45) is 0. The molecule has 0 saturated heterocycles. The van der Waals surface area contributed by atoms with Crippen LogP contribution in [-0.2, 0) is 22.6 Å². The van der Waals surface area contributed by atoms with Gasteiger partial charge in [-0.05, 0) is 11.1 Å². The van der Waals surface area contributed by atoms with Crippen molar-refractivity contribution in [1.29, 1.82) is 0 Å². The fourth-order valence-electron chi connectivity index (χ4n) is 2.25. The third kappa shape index (κ3) is 6.08. The molecule has 1 N–H and O–H groups in total. The van der Waals surface area contributed by atoms with E-state index >= 15 is 0 Å². The van der Waals surface area contributed by atoms with Gasteiger partial charge in [0, 0.05) is 19.6 Å². The molecule has 0 saturated carbocycles. The fourth-order valence-corrected chi connectivity index (χ4v) is 2.25. The van der Waals surface area contributed by atoms with Crippen molar-refractivity contribution in [3.63, 3.8) is 0 Å². The van der Waals surface area contributed by atoms with E-state index in [9.17, 15) is 4.79 Å². The zero-order valence-corrected chi connectivity index (χ0v) is 12.5. The number of aliphatic carboxylic acids is 1. The molecule has 0 amide bonds. The van der Waals surface area contributed by atoms with Crippen molar-refractivity contribution in [3.8, 4) is 0 Å². The van der Waals surface area contributed by atoms with Gasteiger partial charge >= 0.3 is 5.97 Å². The Bertz CT molecular complexity index is 516. The lowest BCUT2D eigenvalue weighted by molar-refractivity contribution is -0.142. The second-order valence-corrected chi connectivity index (χ2v) is 5.13. The van der Waals surface area contributed by atoms with Gasteiger partial charge in [-0.3, -0.25) is 4.90 Å². The predicted octanol–water partition coefficient (Wildman–Crippen LogP) is 2.79. The zero-order chi connectivity index (χ0) is 15.6. The van der Waals surface area contributed by atoms with Gasteiger partial charge in [0.25, 0.3) is 0 Å². The summed E-state index contributed by atoms with van der Waals surface area (Å²) in [5, 5.41) is 8.61. The largest absolute Gasteiger partial charge is 0.480 e. The number of carbonyl (C=O) groups is 1. The molecule has 4 heteroatoms. The molecule has 0 bridgehead atoms. The Balaban J connectivity index is 1.92. The molecular formula is C18H21NO3. The third-order valence-electron chi connectivity index (χ3n) is 3.28. The van der Waals surface area contributed by atoms with E-state index in [1.165, 1.54) is 11.1 Å². The summed E-state index contributed by atoms with van der Waals surface area (Å²) in [6.45, 7) is 2.48. The smallest absolute Gasteiger partial charge is 0.329 e. The quantitative estimate of drug-likeness (QED) is 0.571. The first-order valence-corrected chi connectivity index (χ1v) is 7.34. The van der Waals surface area contributed by atoms with Crippen LogP contribution >= 0.6 is 0 Å². The van der Waals surface area contributed by atoms with Gasteiger partial charge in [0.2, 0.25) is 0 Å². The summed E-state index contributed by atoms with van der Waals surface area (Å²) in [6, 6.07) is 20.5. The molecule has 0 aromatic heterocycles. The Morgan fingerprint density at radius 1 is 0.909 bits per heavy atom. The number of hydrogen-bond donors (Lipinski definition) is 1. The van der Waals surface area contributed by atoms with Crippen molar-refractivity contribution in [2.24, 2.45) is 0 Å². The normalized spacial score (nSPS) is 10.8. The summed E-state index contributed by atoms with van der Waals surface area (Å²) in [7, 11) is 0. The molecule has 0 aliphatic rings. The van der Waals surface area contributed by atoms with Gasteiger partial charge in [0.05, 0.1) is 6.61 Å². The molecule has 2 rings (SSSR count). The Hall–Kier alpha value is -2.17. The van der Waals surface area contributed by atoms with Gasteiger partial charge < -0.3 is 9.84 Å². The van der Waals surface area contributed by atoms with Gasteiger partial charge in [-0.15, -0.1) is 0 Å². The monoisotopic (exact) mass is 300 g/mol. The summed E-state index contributed by atoms with van der Waals surface area (Å²) >= 11 is 0. The van der Waals surface area contributed by atoms with Crippen LogP contribution in [0.15, 0.2) is 60.7 Å². The molecule has 116 valence electrons. The first-order chi connectivity index (χ1) is 10.7. The molecule has 0 radical (unpaired) electrons. The van der Waals surface area contributed by atoms with E-state index in [0.29, 0.717) is 13.2 Å². The molecule has 0 unspecified atom stereocenters. The minimum atomic E-state index is -0.933. The van der Waals surface area contributed by atoms with Gasteiger partial charge in [-0.2, -0.15) is 0 Å². The standard InChI is InChI=1S/C18H21NO3/c20-18(21)15-22-12-11-19(13-16-7-3-1-4-8-16)14-17-9-5-2-6-10-17/h1-10H,11-15H2,(H,20,21)/i18+1. The number of benzene rings is 2. The van der Waals surface area contributed by atoms with Crippen LogP contribution in [0.1, 0.15) is 11.1 Å². The van der Waals surface area contributed by atoms with Crippen molar-refractivity contribution < 1.29 is 14.6 Å². The van der Waals surface area contributed by atoms with Crippen LogP contribution in [-0.4, -0.2) is 35.7 Å². The van der Waals surface area contributed by atoms with Crippen LogP contribution in [0.3, 0.4) is 0 Å². The summed E-state index contributed by atoms with van der Waals surface area (Å²) in [5.41, 5.74) is 2.47. The molecule has 0 aliphatic heterocycles. The van der Waals surface area contributed by atoms with E-state index in [4.69, 9.17) is 9.84 Å². The van der Waals surface area contributed by atoms with Crippen LogP contribution in [0.4, 0.5) is 0 Å². The van der Waals surface area contributed by atoms with Gasteiger partial charge in [0.15, 0.2) is 0 Å². The molecule has 0 atom stereocenters. The number of carboxylic acids is 1. The summed E-state index contributed by atoms with van der Waals surface area (Å²) < 4.78 is 5.16. The predicted molar refractivity (Wildman–Crippen MR) is 85.5 cm³/mol. The average Bonchev–Trinajstić information content (AvgIpc) is 2.53. The third-order valence-corrected chi connectivity index (χ3v) is 3.28. The maximum absolute atomic E-state index is 10.5.